The van der Waals surface area contributed by atoms with Crippen LogP contribution >= 0.6 is 0 Å². The quantitative estimate of drug-likeness (QED) is 0.532. The zero-order valence-corrected chi connectivity index (χ0v) is 12.0. The second-order valence-corrected chi connectivity index (χ2v) is 5.44. The molecule has 7 heteroatoms. The number of nitrogens with zero attached hydrogens (tertiary/aromatic N) is 3. The molecule has 1 aromatic heterocycles. The van der Waals surface area contributed by atoms with Crippen LogP contribution in [-0.4, -0.2) is 47.0 Å². The molecular weight excluding hydrogens is 256 g/mol. The number of hydrogen-bond acceptors (Lipinski definition) is 6. The Morgan fingerprint density at radius 2 is 2.05 bits per heavy atom. The van der Waals surface area contributed by atoms with Crippen LogP contribution in [0.3, 0.4) is 0 Å². The van der Waals surface area contributed by atoms with E-state index in [9.17, 15) is 4.79 Å². The SMILES string of the molecule is CN(C)C1(CNC(=O)c2cnc(NN)cn2)CCCC1. The van der Waals surface area contributed by atoms with E-state index in [-0.39, 0.29) is 11.4 Å². The number of likely N-dealkylation sites (N-methyl/N-ethyl adjacent to an activating group) is 1. The molecule has 0 unspecified atom stereocenters. The van der Waals surface area contributed by atoms with Crippen LogP contribution in [0.4, 0.5) is 5.82 Å². The Bertz CT molecular complexity index is 452. The van der Waals surface area contributed by atoms with Crippen molar-refractivity contribution >= 4 is 11.7 Å². The van der Waals surface area contributed by atoms with Gasteiger partial charge in [0, 0.05) is 12.1 Å². The summed E-state index contributed by atoms with van der Waals surface area (Å²) in [5.74, 6) is 5.44. The van der Waals surface area contributed by atoms with Crippen LogP contribution in [0.5, 0.6) is 0 Å². The molecule has 0 saturated heterocycles. The maximum Gasteiger partial charge on any atom is 0.271 e. The average Bonchev–Trinajstić information content (AvgIpc) is 2.95. The molecule has 1 fully saturated rings. The van der Waals surface area contributed by atoms with Crippen molar-refractivity contribution < 1.29 is 4.79 Å². The van der Waals surface area contributed by atoms with E-state index in [0.29, 0.717) is 18.1 Å². The Kier molecular flexibility index (Phi) is 4.51. The van der Waals surface area contributed by atoms with E-state index >= 15 is 0 Å². The first-order valence-electron chi connectivity index (χ1n) is 6.82. The van der Waals surface area contributed by atoms with Crippen molar-refractivity contribution in [3.8, 4) is 0 Å². The van der Waals surface area contributed by atoms with Crippen LogP contribution in [-0.2, 0) is 0 Å². The van der Waals surface area contributed by atoms with Crippen LogP contribution in [0.25, 0.3) is 0 Å². The van der Waals surface area contributed by atoms with Gasteiger partial charge in [0.05, 0.1) is 12.4 Å². The number of anilines is 1. The molecule has 0 bridgehead atoms. The van der Waals surface area contributed by atoms with E-state index in [4.69, 9.17) is 5.84 Å². The molecule has 1 aliphatic carbocycles. The second-order valence-electron chi connectivity index (χ2n) is 5.44. The molecule has 1 heterocycles. The van der Waals surface area contributed by atoms with E-state index in [0.717, 1.165) is 12.8 Å². The van der Waals surface area contributed by atoms with E-state index in [1.807, 2.05) is 0 Å². The number of carbonyl (C=O) groups excluding carboxylic acids is 1. The Balaban J connectivity index is 1.97. The van der Waals surface area contributed by atoms with Gasteiger partial charge in [-0.2, -0.15) is 0 Å². The first-order valence-corrected chi connectivity index (χ1v) is 6.82. The van der Waals surface area contributed by atoms with Crippen molar-refractivity contribution in [1.82, 2.24) is 20.2 Å². The first-order chi connectivity index (χ1) is 9.57. The molecule has 0 aromatic carbocycles. The van der Waals surface area contributed by atoms with Gasteiger partial charge in [-0.05, 0) is 26.9 Å². The van der Waals surface area contributed by atoms with E-state index in [2.05, 4.69) is 39.7 Å². The lowest BCUT2D eigenvalue weighted by Gasteiger charge is -2.36. The van der Waals surface area contributed by atoms with Gasteiger partial charge in [0.1, 0.15) is 5.69 Å². The summed E-state index contributed by atoms with van der Waals surface area (Å²) in [6, 6.07) is 0. The van der Waals surface area contributed by atoms with Crippen LogP contribution in [0.2, 0.25) is 0 Å². The Hall–Kier alpha value is -1.73. The highest BCUT2D eigenvalue weighted by molar-refractivity contribution is 5.92. The lowest BCUT2D eigenvalue weighted by molar-refractivity contribution is 0.0895. The summed E-state index contributed by atoms with van der Waals surface area (Å²) in [5.41, 5.74) is 2.75. The average molecular weight is 278 g/mol. The third kappa shape index (κ3) is 3.05. The number of hydrogen-bond donors (Lipinski definition) is 3. The summed E-state index contributed by atoms with van der Waals surface area (Å²) in [6.45, 7) is 0.636. The minimum Gasteiger partial charge on any atom is -0.349 e. The third-order valence-electron chi connectivity index (χ3n) is 4.09. The van der Waals surface area contributed by atoms with Crippen LogP contribution in [0, 0.1) is 0 Å². The van der Waals surface area contributed by atoms with Gasteiger partial charge in [-0.25, -0.2) is 15.8 Å². The highest BCUT2D eigenvalue weighted by Crippen LogP contribution is 2.33. The van der Waals surface area contributed by atoms with Gasteiger partial charge < -0.3 is 15.6 Å². The topological polar surface area (TPSA) is 96.2 Å². The Morgan fingerprint density at radius 1 is 1.35 bits per heavy atom. The largest absolute Gasteiger partial charge is 0.349 e. The number of nitrogens with one attached hydrogen (secondary N) is 2. The van der Waals surface area contributed by atoms with Gasteiger partial charge in [0.2, 0.25) is 0 Å². The third-order valence-corrected chi connectivity index (χ3v) is 4.09. The molecule has 0 aliphatic heterocycles. The molecule has 2 rings (SSSR count). The smallest absolute Gasteiger partial charge is 0.271 e. The first kappa shape index (κ1) is 14.7. The molecule has 4 N–H and O–H groups in total. The highest BCUT2D eigenvalue weighted by atomic mass is 16.1. The Labute approximate surface area is 118 Å². The molecule has 0 atom stereocenters. The van der Waals surface area contributed by atoms with Crippen molar-refractivity contribution in [3.05, 3.63) is 18.1 Å². The maximum atomic E-state index is 12.1. The van der Waals surface area contributed by atoms with E-state index < -0.39 is 0 Å². The van der Waals surface area contributed by atoms with Crippen molar-refractivity contribution in [1.29, 1.82) is 0 Å². The highest BCUT2D eigenvalue weighted by Gasteiger charge is 2.36. The monoisotopic (exact) mass is 278 g/mol. The number of carbonyl (C=O) groups is 1. The minimum atomic E-state index is -0.200. The van der Waals surface area contributed by atoms with Crippen molar-refractivity contribution in [2.45, 2.75) is 31.2 Å². The standard InChI is InChI=1S/C13H22N6O/c1-19(2)13(5-3-4-6-13)9-17-12(20)10-7-16-11(18-14)8-15-10/h7-8H,3-6,9,14H2,1-2H3,(H,16,18)(H,17,20). The van der Waals surface area contributed by atoms with Gasteiger partial charge in [0.25, 0.3) is 5.91 Å². The summed E-state index contributed by atoms with van der Waals surface area (Å²) < 4.78 is 0. The molecule has 0 spiro atoms. The van der Waals surface area contributed by atoms with E-state index in [1.165, 1.54) is 25.2 Å². The molecule has 1 aromatic rings. The Morgan fingerprint density at radius 3 is 2.55 bits per heavy atom. The van der Waals surface area contributed by atoms with Crippen molar-refractivity contribution in [3.63, 3.8) is 0 Å². The minimum absolute atomic E-state index is 0.0713. The van der Waals surface area contributed by atoms with Gasteiger partial charge >= 0.3 is 0 Å². The molecular formula is C13H22N6O. The summed E-state index contributed by atoms with van der Waals surface area (Å²) in [6.07, 6.45) is 7.51. The summed E-state index contributed by atoms with van der Waals surface area (Å²) in [5, 5.41) is 2.97. The number of nitrogens with two attached hydrogens (primary N) is 1. The van der Waals surface area contributed by atoms with Crippen LogP contribution in [0.1, 0.15) is 36.2 Å². The molecule has 110 valence electrons. The molecule has 20 heavy (non-hydrogen) atoms. The number of amides is 1. The van der Waals surface area contributed by atoms with Gasteiger partial charge in [-0.1, -0.05) is 12.8 Å². The van der Waals surface area contributed by atoms with Crippen LogP contribution < -0.4 is 16.6 Å². The fraction of sp³-hybridized carbons (Fsp3) is 0.615. The van der Waals surface area contributed by atoms with E-state index in [1.54, 1.807) is 0 Å². The number of nitrogen functional groups attached to an aromatic ring is 1. The molecule has 1 saturated carbocycles. The van der Waals surface area contributed by atoms with Gasteiger partial charge in [-0.15, -0.1) is 0 Å². The lowest BCUT2D eigenvalue weighted by Crippen LogP contribution is -2.50. The second kappa shape index (κ2) is 6.15. The summed E-state index contributed by atoms with van der Waals surface area (Å²) in [4.78, 5) is 22.3. The molecule has 0 radical (unpaired) electrons. The molecule has 1 amide bonds. The molecule has 1 aliphatic rings. The van der Waals surface area contributed by atoms with Crippen LogP contribution in [0.15, 0.2) is 12.4 Å². The predicted molar refractivity (Wildman–Crippen MR) is 77.1 cm³/mol. The van der Waals surface area contributed by atoms with Crippen molar-refractivity contribution in [2.75, 3.05) is 26.1 Å². The zero-order valence-electron chi connectivity index (χ0n) is 12.0. The van der Waals surface area contributed by atoms with Gasteiger partial charge in [-0.3, -0.25) is 4.79 Å². The molecule has 7 nitrogen and oxygen atoms in total. The number of rotatable bonds is 5. The summed E-state index contributed by atoms with van der Waals surface area (Å²) in [7, 11) is 4.14. The van der Waals surface area contributed by atoms with Crippen molar-refractivity contribution in [2.24, 2.45) is 5.84 Å². The number of aromatic nitrogens is 2. The fourth-order valence-corrected chi connectivity index (χ4v) is 2.67. The fourth-order valence-electron chi connectivity index (χ4n) is 2.67. The predicted octanol–water partition coefficient (Wildman–Crippen LogP) is 0.366. The van der Waals surface area contributed by atoms with Gasteiger partial charge in [0.15, 0.2) is 5.82 Å². The zero-order chi connectivity index (χ0) is 14.6. The lowest BCUT2D eigenvalue weighted by atomic mass is 9.96. The normalized spacial score (nSPS) is 17.2. The number of hydrazine groups is 1. The maximum absolute atomic E-state index is 12.1. The summed E-state index contributed by atoms with van der Waals surface area (Å²) >= 11 is 0.